The van der Waals surface area contributed by atoms with Gasteiger partial charge in [-0.15, -0.1) is 11.3 Å². The lowest BCUT2D eigenvalue weighted by molar-refractivity contribution is 0.620. The number of hydrogen-bond acceptors (Lipinski definition) is 6. The van der Waals surface area contributed by atoms with Gasteiger partial charge < -0.3 is 4.42 Å². The van der Waals surface area contributed by atoms with E-state index in [0.29, 0.717) is 23.4 Å². The van der Waals surface area contributed by atoms with Crippen molar-refractivity contribution in [3.8, 4) is 45.6 Å². The molecule has 0 saturated heterocycles. The molecule has 9 aromatic rings. The highest BCUT2D eigenvalue weighted by Gasteiger charge is 2.19. The van der Waals surface area contributed by atoms with Crippen LogP contribution in [-0.2, 0) is 0 Å². The van der Waals surface area contributed by atoms with Crippen molar-refractivity contribution in [1.82, 2.24) is 19.9 Å². The number of nitrogens with zero attached hydrogens (tertiary/aromatic N) is 4. The zero-order chi connectivity index (χ0) is 29.0. The summed E-state index contributed by atoms with van der Waals surface area (Å²) in [5.41, 5.74) is 5.40. The van der Waals surface area contributed by atoms with E-state index in [-0.39, 0.29) is 0 Å². The van der Waals surface area contributed by atoms with Gasteiger partial charge in [0, 0.05) is 48.5 Å². The van der Waals surface area contributed by atoms with E-state index in [9.17, 15) is 0 Å². The fraction of sp³-hybridized carbons (Fsp3) is 0. The molecule has 5 nitrogen and oxygen atoms in total. The standard InChI is InChI=1S/C38H22N4OS/c1-3-11-24(12-4-1)35-40-36(27-19-18-23-10-7-8-15-26(23)20-27)42-37(41-35)28-16-9-17-32-34(28)29-21-30-31(22-33(29)44-32)43-38(39-30)25-13-5-2-6-14-25/h1-22H. The van der Waals surface area contributed by atoms with Crippen LogP contribution in [0.4, 0.5) is 0 Å². The molecule has 0 N–H and O–H groups in total. The zero-order valence-electron chi connectivity index (χ0n) is 23.3. The number of rotatable bonds is 4. The van der Waals surface area contributed by atoms with Crippen LogP contribution in [0.3, 0.4) is 0 Å². The molecule has 9 rings (SSSR count). The van der Waals surface area contributed by atoms with Gasteiger partial charge in [0.25, 0.3) is 0 Å². The fourth-order valence-corrected chi connectivity index (χ4v) is 6.95. The third kappa shape index (κ3) is 4.15. The molecule has 3 heterocycles. The summed E-state index contributed by atoms with van der Waals surface area (Å²) in [4.78, 5) is 20.0. The Labute approximate surface area is 256 Å². The van der Waals surface area contributed by atoms with Crippen LogP contribution in [0.25, 0.3) is 87.7 Å². The lowest BCUT2D eigenvalue weighted by Crippen LogP contribution is -2.00. The van der Waals surface area contributed by atoms with Gasteiger partial charge in [-0.2, -0.15) is 0 Å². The topological polar surface area (TPSA) is 64.7 Å². The molecule has 0 aliphatic heterocycles. The summed E-state index contributed by atoms with van der Waals surface area (Å²) in [7, 11) is 0. The minimum Gasteiger partial charge on any atom is -0.436 e. The van der Waals surface area contributed by atoms with Crippen LogP contribution in [0.2, 0.25) is 0 Å². The number of hydrogen-bond donors (Lipinski definition) is 0. The SMILES string of the molecule is c1ccc(-c2nc(-c3ccc4ccccc4c3)nc(-c3cccc4sc5cc6oc(-c7ccccc7)nc6cc5c34)n2)cc1. The van der Waals surface area contributed by atoms with Gasteiger partial charge in [-0.25, -0.2) is 19.9 Å². The highest BCUT2D eigenvalue weighted by molar-refractivity contribution is 7.26. The van der Waals surface area contributed by atoms with Gasteiger partial charge in [0.15, 0.2) is 23.1 Å². The van der Waals surface area contributed by atoms with Crippen molar-refractivity contribution in [2.45, 2.75) is 0 Å². The van der Waals surface area contributed by atoms with Crippen LogP contribution in [0.1, 0.15) is 0 Å². The first-order valence-electron chi connectivity index (χ1n) is 14.4. The maximum absolute atomic E-state index is 6.20. The summed E-state index contributed by atoms with van der Waals surface area (Å²) in [5, 5.41) is 4.53. The van der Waals surface area contributed by atoms with Crippen LogP contribution in [0.5, 0.6) is 0 Å². The second kappa shape index (κ2) is 9.93. The molecule has 0 unspecified atom stereocenters. The Balaban J connectivity index is 1.27. The maximum atomic E-state index is 6.20. The first-order chi connectivity index (χ1) is 21.8. The zero-order valence-corrected chi connectivity index (χ0v) is 24.1. The average molecular weight is 583 g/mol. The predicted octanol–water partition coefficient (Wildman–Crippen LogP) is 10.2. The monoisotopic (exact) mass is 582 g/mol. The van der Waals surface area contributed by atoms with Crippen molar-refractivity contribution in [1.29, 1.82) is 0 Å². The summed E-state index contributed by atoms with van der Waals surface area (Å²) >= 11 is 1.73. The highest BCUT2D eigenvalue weighted by atomic mass is 32.1. The molecule has 206 valence electrons. The summed E-state index contributed by atoms with van der Waals surface area (Å²) in [6, 6.07) is 45.3. The number of aromatic nitrogens is 4. The van der Waals surface area contributed by atoms with Crippen molar-refractivity contribution in [3.05, 3.63) is 133 Å². The van der Waals surface area contributed by atoms with Crippen molar-refractivity contribution in [2.75, 3.05) is 0 Å². The molecule has 0 atom stereocenters. The quantitative estimate of drug-likeness (QED) is 0.207. The Hall–Kier alpha value is -5.72. The first-order valence-corrected chi connectivity index (χ1v) is 15.2. The van der Waals surface area contributed by atoms with Crippen LogP contribution in [-0.4, -0.2) is 19.9 Å². The molecule has 44 heavy (non-hydrogen) atoms. The van der Waals surface area contributed by atoms with Crippen molar-refractivity contribution < 1.29 is 4.42 Å². The Morgan fingerprint density at radius 2 is 1.18 bits per heavy atom. The lowest BCUT2D eigenvalue weighted by atomic mass is 10.0. The van der Waals surface area contributed by atoms with Gasteiger partial charge in [-0.05, 0) is 41.1 Å². The Morgan fingerprint density at radius 1 is 0.477 bits per heavy atom. The largest absolute Gasteiger partial charge is 0.436 e. The first kappa shape index (κ1) is 24.8. The van der Waals surface area contributed by atoms with Gasteiger partial charge >= 0.3 is 0 Å². The molecular weight excluding hydrogens is 561 g/mol. The second-order valence-corrected chi connectivity index (χ2v) is 11.8. The van der Waals surface area contributed by atoms with Crippen LogP contribution < -0.4 is 0 Å². The maximum Gasteiger partial charge on any atom is 0.227 e. The molecule has 0 amide bonds. The predicted molar refractivity (Wildman–Crippen MR) is 180 cm³/mol. The Bertz CT molecular complexity index is 2500. The molecule has 0 spiro atoms. The van der Waals surface area contributed by atoms with E-state index >= 15 is 0 Å². The van der Waals surface area contributed by atoms with E-state index in [4.69, 9.17) is 24.4 Å². The molecule has 0 radical (unpaired) electrons. The number of fused-ring (bicyclic) bond motifs is 5. The fourth-order valence-electron chi connectivity index (χ4n) is 5.81. The van der Waals surface area contributed by atoms with Gasteiger partial charge in [0.2, 0.25) is 5.89 Å². The molecular formula is C38H22N4OS. The smallest absolute Gasteiger partial charge is 0.227 e. The molecule has 0 aliphatic carbocycles. The normalized spacial score (nSPS) is 11.6. The van der Waals surface area contributed by atoms with E-state index in [1.165, 1.54) is 5.39 Å². The molecule has 0 bridgehead atoms. The lowest BCUT2D eigenvalue weighted by Gasteiger charge is -2.10. The van der Waals surface area contributed by atoms with Gasteiger partial charge in [0.1, 0.15) is 5.52 Å². The van der Waals surface area contributed by atoms with E-state index in [0.717, 1.165) is 58.9 Å². The van der Waals surface area contributed by atoms with Crippen LogP contribution in [0.15, 0.2) is 138 Å². The van der Waals surface area contributed by atoms with Crippen molar-refractivity contribution in [3.63, 3.8) is 0 Å². The molecule has 0 saturated carbocycles. The summed E-state index contributed by atoms with van der Waals surface area (Å²) in [6.07, 6.45) is 0. The molecule has 6 aromatic carbocycles. The number of thiophene rings is 1. The minimum atomic E-state index is 0.618. The van der Waals surface area contributed by atoms with E-state index in [1.54, 1.807) is 11.3 Å². The van der Waals surface area contributed by atoms with E-state index in [1.807, 2.05) is 60.7 Å². The molecule has 6 heteroatoms. The average Bonchev–Trinajstić information content (AvgIpc) is 3.68. The van der Waals surface area contributed by atoms with Gasteiger partial charge in [-0.1, -0.05) is 97.1 Å². The summed E-state index contributed by atoms with van der Waals surface area (Å²) in [5.74, 6) is 2.54. The molecule has 0 fully saturated rings. The van der Waals surface area contributed by atoms with Crippen LogP contribution in [0, 0.1) is 0 Å². The van der Waals surface area contributed by atoms with Gasteiger partial charge in [-0.3, -0.25) is 0 Å². The summed E-state index contributed by atoms with van der Waals surface area (Å²) < 4.78 is 8.48. The highest BCUT2D eigenvalue weighted by Crippen LogP contribution is 2.42. The van der Waals surface area contributed by atoms with Crippen LogP contribution >= 0.6 is 11.3 Å². The number of oxazole rings is 1. The van der Waals surface area contributed by atoms with Crippen molar-refractivity contribution >= 4 is 53.4 Å². The minimum absolute atomic E-state index is 0.618. The van der Waals surface area contributed by atoms with E-state index < -0.39 is 0 Å². The van der Waals surface area contributed by atoms with Gasteiger partial charge in [0.05, 0.1) is 0 Å². The Kier molecular flexibility index (Phi) is 5.61. The summed E-state index contributed by atoms with van der Waals surface area (Å²) in [6.45, 7) is 0. The van der Waals surface area contributed by atoms with Crippen molar-refractivity contribution in [2.24, 2.45) is 0 Å². The third-order valence-electron chi connectivity index (χ3n) is 7.94. The Morgan fingerprint density at radius 3 is 2.00 bits per heavy atom. The molecule has 3 aromatic heterocycles. The molecule has 0 aliphatic rings. The third-order valence-corrected chi connectivity index (χ3v) is 9.06. The second-order valence-electron chi connectivity index (χ2n) is 10.7. The number of benzene rings is 6. The van der Waals surface area contributed by atoms with E-state index in [2.05, 4.69) is 72.8 Å².